The Morgan fingerprint density at radius 2 is 1.91 bits per heavy atom. The van der Waals surface area contributed by atoms with E-state index in [2.05, 4.69) is 21.2 Å². The summed E-state index contributed by atoms with van der Waals surface area (Å²) in [5.74, 6) is 0.339. The third kappa shape index (κ3) is 6.65. The maximum absolute atomic E-state index is 12.5. The molecule has 0 fully saturated rings. The molecule has 3 aromatic rings. The molecule has 10 heteroatoms. The molecule has 0 aliphatic carbocycles. The van der Waals surface area contributed by atoms with E-state index in [-0.39, 0.29) is 18.4 Å². The summed E-state index contributed by atoms with van der Waals surface area (Å²) in [4.78, 5) is 44.0. The second-order valence-electron chi connectivity index (χ2n) is 7.91. The first-order valence-corrected chi connectivity index (χ1v) is 11.1. The minimum absolute atomic E-state index is 0.213. The van der Waals surface area contributed by atoms with Crippen molar-refractivity contribution in [2.24, 2.45) is 0 Å². The van der Waals surface area contributed by atoms with Crippen LogP contribution in [0.25, 0.3) is 10.9 Å². The summed E-state index contributed by atoms with van der Waals surface area (Å²) in [6.45, 7) is 2.66. The highest BCUT2D eigenvalue weighted by atomic mass is 32.1. The monoisotopic (exact) mass is 492 g/mol. The Bertz CT molecular complexity index is 1360. The molecule has 0 saturated carbocycles. The predicted molar refractivity (Wildman–Crippen MR) is 134 cm³/mol. The van der Waals surface area contributed by atoms with Gasteiger partial charge >= 0.3 is 11.9 Å². The van der Waals surface area contributed by atoms with Crippen molar-refractivity contribution in [3.05, 3.63) is 64.1 Å². The van der Waals surface area contributed by atoms with Crippen LogP contribution in [-0.2, 0) is 16.1 Å². The molecule has 0 saturated heterocycles. The number of hydrogen-bond donors (Lipinski definition) is 4. The number of H-pyrrole nitrogens is 1. The molecular weight excluding hydrogens is 468 g/mol. The Morgan fingerprint density at radius 3 is 2.54 bits per heavy atom. The van der Waals surface area contributed by atoms with Crippen molar-refractivity contribution in [1.29, 1.82) is 0 Å². The third-order valence-electron chi connectivity index (χ3n) is 5.30. The van der Waals surface area contributed by atoms with E-state index in [9.17, 15) is 19.5 Å². The fraction of sp³-hybridized carbons (Fsp3) is 0.240. The van der Waals surface area contributed by atoms with Crippen LogP contribution in [0.3, 0.4) is 0 Å². The van der Waals surface area contributed by atoms with E-state index in [0.717, 1.165) is 28.0 Å². The van der Waals surface area contributed by atoms with Crippen molar-refractivity contribution in [2.75, 3.05) is 11.4 Å². The van der Waals surface area contributed by atoms with Gasteiger partial charge in [0, 0.05) is 35.1 Å². The molecule has 1 aromatic heterocycles. The molecule has 3 rings (SSSR count). The summed E-state index contributed by atoms with van der Waals surface area (Å²) in [6.07, 6.45) is 5.00. The number of benzene rings is 2. The van der Waals surface area contributed by atoms with Crippen LogP contribution in [-0.4, -0.2) is 50.6 Å². The number of nitrogens with one attached hydrogen (secondary N) is 2. The minimum atomic E-state index is -1.30. The molecule has 4 N–H and O–H groups in total. The zero-order valence-corrected chi connectivity index (χ0v) is 19.8. The lowest BCUT2D eigenvalue weighted by Gasteiger charge is -2.23. The number of aromatic nitrogens is 2. The predicted octanol–water partition coefficient (Wildman–Crippen LogP) is 3.29. The molecule has 0 unspecified atom stereocenters. The highest BCUT2D eigenvalue weighted by molar-refractivity contribution is 7.71. The molecule has 0 spiro atoms. The first-order chi connectivity index (χ1) is 16.7. The van der Waals surface area contributed by atoms with Gasteiger partial charge in [-0.1, -0.05) is 24.2 Å². The molecule has 35 heavy (non-hydrogen) atoms. The lowest BCUT2D eigenvalue weighted by molar-refractivity contribution is -0.140. The van der Waals surface area contributed by atoms with Gasteiger partial charge in [0.1, 0.15) is 16.5 Å². The Kier molecular flexibility index (Phi) is 8.17. The molecule has 1 amide bonds. The van der Waals surface area contributed by atoms with Gasteiger partial charge in [-0.2, -0.15) is 0 Å². The van der Waals surface area contributed by atoms with Crippen molar-refractivity contribution < 1.29 is 24.6 Å². The second kappa shape index (κ2) is 11.3. The van der Waals surface area contributed by atoms with Gasteiger partial charge in [-0.05, 0) is 55.3 Å². The van der Waals surface area contributed by atoms with Crippen LogP contribution < -0.4 is 10.2 Å². The number of carbonyl (C=O) groups excluding carboxylic acids is 1. The number of terminal acetylenes is 1. The van der Waals surface area contributed by atoms with Crippen LogP contribution in [0.15, 0.2) is 42.5 Å². The van der Waals surface area contributed by atoms with Gasteiger partial charge in [0.25, 0.3) is 5.91 Å². The van der Waals surface area contributed by atoms with Gasteiger partial charge in [-0.15, -0.1) is 6.42 Å². The van der Waals surface area contributed by atoms with E-state index in [1.807, 2.05) is 30.0 Å². The van der Waals surface area contributed by atoms with Crippen molar-refractivity contribution in [3.63, 3.8) is 0 Å². The number of fused-ring (bicyclic) bond motifs is 1. The molecule has 180 valence electrons. The van der Waals surface area contributed by atoms with Gasteiger partial charge < -0.3 is 25.4 Å². The van der Waals surface area contributed by atoms with Crippen LogP contribution in [0.4, 0.5) is 5.69 Å². The summed E-state index contributed by atoms with van der Waals surface area (Å²) >= 11 is 5.39. The van der Waals surface area contributed by atoms with Gasteiger partial charge in [0.05, 0.1) is 6.54 Å². The molecule has 0 aliphatic heterocycles. The molecule has 2 aromatic carbocycles. The Labute approximate surface area is 206 Å². The summed E-state index contributed by atoms with van der Waals surface area (Å²) in [5, 5.41) is 21.2. The normalized spacial score (nSPS) is 11.4. The number of aliphatic carboxylic acids is 2. The van der Waals surface area contributed by atoms with E-state index >= 15 is 0 Å². The summed E-state index contributed by atoms with van der Waals surface area (Å²) < 4.78 is 0.514. The molecule has 1 atom stereocenters. The maximum Gasteiger partial charge on any atom is 0.326 e. The van der Waals surface area contributed by atoms with Gasteiger partial charge in [0.2, 0.25) is 0 Å². The molecule has 1 heterocycles. The molecule has 0 aliphatic rings. The number of anilines is 1. The first kappa shape index (κ1) is 25.4. The maximum atomic E-state index is 12.5. The number of carboxylic acids is 2. The number of aromatic amines is 1. The number of rotatable bonds is 10. The molecule has 0 radical (unpaired) electrons. The lowest BCUT2D eigenvalue weighted by Crippen LogP contribution is -2.41. The van der Waals surface area contributed by atoms with E-state index < -0.39 is 23.9 Å². The summed E-state index contributed by atoms with van der Waals surface area (Å²) in [7, 11) is 0. The standard InChI is InChI=1S/C25H24N4O5S/c1-3-12-29(14-16-4-9-20-19(13-16)24(35)27-15(2)26-20)18-7-5-17(6-8-18)23(32)28-21(25(33)34)10-11-22(30)31/h1,4-9,13,21H,10-12,14H2,2H3,(H,28,32)(H,30,31)(H,33,34)(H,26,27,35)/t21-/m0/s1. The van der Waals surface area contributed by atoms with E-state index in [0.29, 0.717) is 17.7 Å². The van der Waals surface area contributed by atoms with Crippen molar-refractivity contribution in [3.8, 4) is 12.3 Å². The number of carbonyl (C=O) groups is 3. The Morgan fingerprint density at radius 1 is 1.20 bits per heavy atom. The Balaban J connectivity index is 1.76. The van der Waals surface area contributed by atoms with Gasteiger partial charge in [-0.3, -0.25) is 9.59 Å². The van der Waals surface area contributed by atoms with Crippen LogP contribution in [0, 0.1) is 23.9 Å². The quantitative estimate of drug-likeness (QED) is 0.250. The molecular formula is C25H24N4O5S. The average Bonchev–Trinajstić information content (AvgIpc) is 2.81. The summed E-state index contributed by atoms with van der Waals surface area (Å²) in [5.41, 5.74) is 2.89. The fourth-order valence-corrected chi connectivity index (χ4v) is 3.88. The topological polar surface area (TPSA) is 136 Å². The van der Waals surface area contributed by atoms with Crippen molar-refractivity contribution in [1.82, 2.24) is 15.3 Å². The number of hydrogen-bond acceptors (Lipinski definition) is 6. The van der Waals surface area contributed by atoms with Gasteiger partial charge in [0.15, 0.2) is 0 Å². The number of carboxylic acid groups (broad SMARTS) is 2. The molecule has 9 nitrogen and oxygen atoms in total. The SMILES string of the molecule is C#CCN(Cc1ccc2[nH]c(C)nc(=S)c2c1)c1ccc(C(=O)N[C@@H](CCC(=O)O)C(=O)O)cc1. The van der Waals surface area contributed by atoms with E-state index in [1.165, 1.54) is 0 Å². The highest BCUT2D eigenvalue weighted by Gasteiger charge is 2.21. The van der Waals surface area contributed by atoms with Crippen LogP contribution in [0.5, 0.6) is 0 Å². The fourth-order valence-electron chi connectivity index (χ4n) is 3.57. The van der Waals surface area contributed by atoms with Crippen molar-refractivity contribution in [2.45, 2.75) is 32.4 Å². The minimum Gasteiger partial charge on any atom is -0.481 e. The molecule has 0 bridgehead atoms. The van der Waals surface area contributed by atoms with Gasteiger partial charge in [-0.25, -0.2) is 9.78 Å². The van der Waals surface area contributed by atoms with Crippen LogP contribution in [0.1, 0.15) is 34.6 Å². The van der Waals surface area contributed by atoms with Crippen LogP contribution >= 0.6 is 12.2 Å². The number of amides is 1. The zero-order valence-electron chi connectivity index (χ0n) is 18.9. The number of nitrogens with zero attached hydrogens (tertiary/aromatic N) is 2. The first-order valence-electron chi connectivity index (χ1n) is 10.7. The van der Waals surface area contributed by atoms with E-state index in [1.54, 1.807) is 24.3 Å². The highest BCUT2D eigenvalue weighted by Crippen LogP contribution is 2.21. The van der Waals surface area contributed by atoms with Crippen molar-refractivity contribution >= 4 is 46.7 Å². The second-order valence-corrected chi connectivity index (χ2v) is 8.30. The smallest absolute Gasteiger partial charge is 0.326 e. The summed E-state index contributed by atoms with van der Waals surface area (Å²) in [6, 6.07) is 11.2. The zero-order chi connectivity index (χ0) is 25.5. The Hall–Kier alpha value is -4.23. The third-order valence-corrected chi connectivity index (χ3v) is 5.61. The van der Waals surface area contributed by atoms with E-state index in [4.69, 9.17) is 23.7 Å². The largest absolute Gasteiger partial charge is 0.481 e. The lowest BCUT2D eigenvalue weighted by atomic mass is 10.1. The average molecular weight is 493 g/mol. The van der Waals surface area contributed by atoms with Crippen LogP contribution in [0.2, 0.25) is 0 Å². The number of aryl methyl sites for hydroxylation is 1.